The van der Waals surface area contributed by atoms with Gasteiger partial charge in [0, 0.05) is 12.6 Å². The molecule has 1 fully saturated rings. The van der Waals surface area contributed by atoms with Gasteiger partial charge in [-0.2, -0.15) is 0 Å². The van der Waals surface area contributed by atoms with E-state index in [2.05, 4.69) is 31.1 Å². The molecule has 0 radical (unpaired) electrons. The highest BCUT2D eigenvalue weighted by molar-refractivity contribution is 9.10. The van der Waals surface area contributed by atoms with E-state index >= 15 is 0 Å². The maximum absolute atomic E-state index is 10.9. The van der Waals surface area contributed by atoms with E-state index in [1.54, 1.807) is 7.11 Å². The number of hydrogen-bond donors (Lipinski definition) is 1. The van der Waals surface area contributed by atoms with Crippen LogP contribution in [0.25, 0.3) is 0 Å². The molecule has 7 nitrogen and oxygen atoms in total. The summed E-state index contributed by atoms with van der Waals surface area (Å²) in [6.07, 6.45) is 3.71. The van der Waals surface area contributed by atoms with E-state index in [9.17, 15) is 10.1 Å². The molecule has 2 heterocycles. The summed E-state index contributed by atoms with van der Waals surface area (Å²) in [7, 11) is 1.65. The zero-order valence-electron chi connectivity index (χ0n) is 14.5. The van der Waals surface area contributed by atoms with Crippen LogP contribution in [0.1, 0.15) is 24.4 Å². The van der Waals surface area contributed by atoms with Gasteiger partial charge in [-0.05, 0) is 59.6 Å². The minimum absolute atomic E-state index is 0.0178. The Bertz CT molecular complexity index is 764. The Morgan fingerprint density at radius 2 is 2.04 bits per heavy atom. The second-order valence-electron chi connectivity index (χ2n) is 6.26. The van der Waals surface area contributed by atoms with Gasteiger partial charge in [-0.25, -0.2) is 4.98 Å². The van der Waals surface area contributed by atoms with E-state index < -0.39 is 4.92 Å². The number of aromatic nitrogens is 1. The molecule has 0 bridgehead atoms. The number of halogens is 1. The zero-order valence-corrected chi connectivity index (χ0v) is 16.1. The largest absolute Gasteiger partial charge is 0.497 e. The summed E-state index contributed by atoms with van der Waals surface area (Å²) in [5, 5.41) is 14.3. The van der Waals surface area contributed by atoms with Gasteiger partial charge in [0.15, 0.2) is 0 Å². The van der Waals surface area contributed by atoms with E-state index in [1.165, 1.54) is 25.1 Å². The summed E-state index contributed by atoms with van der Waals surface area (Å²) < 4.78 is 5.82. The molecule has 1 N–H and O–H groups in total. The van der Waals surface area contributed by atoms with Gasteiger partial charge >= 0.3 is 0 Å². The van der Waals surface area contributed by atoms with Crippen molar-refractivity contribution in [3.05, 3.63) is 56.7 Å². The fourth-order valence-corrected chi connectivity index (χ4v) is 3.54. The number of hydrogen-bond acceptors (Lipinski definition) is 6. The summed E-state index contributed by atoms with van der Waals surface area (Å²) >= 11 is 3.39. The van der Waals surface area contributed by atoms with Crippen LogP contribution in [0.2, 0.25) is 0 Å². The first kappa shape index (κ1) is 18.6. The highest BCUT2D eigenvalue weighted by Crippen LogP contribution is 2.29. The van der Waals surface area contributed by atoms with Crippen LogP contribution < -0.4 is 10.1 Å². The molecule has 26 heavy (non-hydrogen) atoms. The molecule has 0 aliphatic carbocycles. The number of benzene rings is 1. The van der Waals surface area contributed by atoms with Gasteiger partial charge in [0.1, 0.15) is 17.8 Å². The average Bonchev–Trinajstić information content (AvgIpc) is 3.15. The molecule has 138 valence electrons. The van der Waals surface area contributed by atoms with E-state index in [0.717, 1.165) is 30.9 Å². The van der Waals surface area contributed by atoms with Crippen molar-refractivity contribution < 1.29 is 9.66 Å². The predicted molar refractivity (Wildman–Crippen MR) is 104 cm³/mol. The maximum atomic E-state index is 10.9. The topological polar surface area (TPSA) is 80.5 Å². The summed E-state index contributed by atoms with van der Waals surface area (Å²) in [6.45, 7) is 3.02. The number of nitrogens with zero attached hydrogens (tertiary/aromatic N) is 3. The van der Waals surface area contributed by atoms with Crippen molar-refractivity contribution >= 4 is 27.4 Å². The first-order chi connectivity index (χ1) is 12.6. The van der Waals surface area contributed by atoms with Crippen molar-refractivity contribution in [1.29, 1.82) is 0 Å². The van der Waals surface area contributed by atoms with Crippen LogP contribution in [-0.4, -0.2) is 41.6 Å². The highest BCUT2D eigenvalue weighted by Gasteiger charge is 2.21. The Hall–Kier alpha value is -2.19. The third-order valence-electron chi connectivity index (χ3n) is 4.51. The second-order valence-corrected chi connectivity index (χ2v) is 7.11. The standard InChI is InChI=1S/C18H21BrN4O3/c1-26-15-6-4-13(5-7-15)17(12-22-8-2-3-9-22)21-18-16(19)10-14(11-20-18)23(24)25/h4-7,10-11,17H,2-3,8-9,12H2,1H3,(H,20,21). The summed E-state index contributed by atoms with van der Waals surface area (Å²) in [4.78, 5) is 17.1. The van der Waals surface area contributed by atoms with Crippen LogP contribution >= 0.6 is 15.9 Å². The highest BCUT2D eigenvalue weighted by atomic mass is 79.9. The molecule has 0 saturated carbocycles. The lowest BCUT2D eigenvalue weighted by Crippen LogP contribution is -2.29. The van der Waals surface area contributed by atoms with Gasteiger partial charge in [0.25, 0.3) is 5.69 Å². The smallest absolute Gasteiger partial charge is 0.288 e. The minimum Gasteiger partial charge on any atom is -0.497 e. The van der Waals surface area contributed by atoms with Crippen molar-refractivity contribution in [2.45, 2.75) is 18.9 Å². The first-order valence-corrected chi connectivity index (χ1v) is 9.29. The van der Waals surface area contributed by atoms with Crippen molar-refractivity contribution in [1.82, 2.24) is 9.88 Å². The summed E-state index contributed by atoms with van der Waals surface area (Å²) in [5.41, 5.74) is 1.08. The van der Waals surface area contributed by atoms with Gasteiger partial charge in [-0.15, -0.1) is 0 Å². The first-order valence-electron chi connectivity index (χ1n) is 8.49. The summed E-state index contributed by atoms with van der Waals surface area (Å²) in [6, 6.07) is 9.43. The molecule has 8 heteroatoms. The molecule has 1 aromatic heterocycles. The maximum Gasteiger partial charge on any atom is 0.288 e. The predicted octanol–water partition coefficient (Wildman–Crippen LogP) is 4.01. The van der Waals surface area contributed by atoms with Gasteiger partial charge < -0.3 is 15.0 Å². The quantitative estimate of drug-likeness (QED) is 0.538. The van der Waals surface area contributed by atoms with Crippen molar-refractivity contribution in [3.8, 4) is 5.75 Å². The molecule has 3 rings (SSSR count). The van der Waals surface area contributed by atoms with Gasteiger partial charge in [-0.1, -0.05) is 12.1 Å². The monoisotopic (exact) mass is 420 g/mol. The number of likely N-dealkylation sites (tertiary alicyclic amines) is 1. The van der Waals surface area contributed by atoms with Crippen molar-refractivity contribution in [2.75, 3.05) is 32.1 Å². The van der Waals surface area contributed by atoms with E-state index in [0.29, 0.717) is 10.3 Å². The lowest BCUT2D eigenvalue weighted by Gasteiger charge is -2.26. The molecule has 1 saturated heterocycles. The third kappa shape index (κ3) is 4.50. The van der Waals surface area contributed by atoms with E-state index in [-0.39, 0.29) is 11.7 Å². The molecule has 1 atom stereocenters. The van der Waals surface area contributed by atoms with Crippen molar-refractivity contribution in [2.24, 2.45) is 0 Å². The number of anilines is 1. The fraction of sp³-hybridized carbons (Fsp3) is 0.389. The van der Waals surface area contributed by atoms with Gasteiger partial charge in [-0.3, -0.25) is 10.1 Å². The number of methoxy groups -OCH3 is 1. The van der Waals surface area contributed by atoms with Gasteiger partial charge in [0.05, 0.1) is 22.5 Å². The average molecular weight is 421 g/mol. The molecule has 1 aromatic carbocycles. The van der Waals surface area contributed by atoms with Crippen molar-refractivity contribution in [3.63, 3.8) is 0 Å². The SMILES string of the molecule is COc1ccc(C(CN2CCCC2)Nc2ncc([N+](=O)[O-])cc2Br)cc1. The Balaban J connectivity index is 1.83. The van der Waals surface area contributed by atoms with Crippen LogP contribution in [0.15, 0.2) is 41.0 Å². The number of rotatable bonds is 7. The molecular weight excluding hydrogens is 400 g/mol. The van der Waals surface area contributed by atoms with E-state index in [1.807, 2.05) is 24.3 Å². The van der Waals surface area contributed by atoms with Gasteiger partial charge in [0.2, 0.25) is 0 Å². The number of nitrogens with one attached hydrogen (secondary N) is 1. The Labute approximate surface area is 160 Å². The molecule has 1 aliphatic rings. The van der Waals surface area contributed by atoms with E-state index in [4.69, 9.17) is 4.74 Å². The second kappa shape index (κ2) is 8.46. The number of ether oxygens (including phenoxy) is 1. The lowest BCUT2D eigenvalue weighted by atomic mass is 10.1. The zero-order chi connectivity index (χ0) is 18.5. The third-order valence-corrected chi connectivity index (χ3v) is 5.11. The molecular formula is C18H21BrN4O3. The van der Waals surface area contributed by atoms with Crippen LogP contribution in [0.5, 0.6) is 5.75 Å². The minimum atomic E-state index is -0.452. The lowest BCUT2D eigenvalue weighted by molar-refractivity contribution is -0.385. The fourth-order valence-electron chi connectivity index (χ4n) is 3.09. The number of nitro groups is 1. The van der Waals surface area contributed by atoms with Crippen LogP contribution in [-0.2, 0) is 0 Å². The molecule has 1 aliphatic heterocycles. The molecule has 0 amide bonds. The molecule has 1 unspecified atom stereocenters. The van der Waals surface area contributed by atoms with Crippen LogP contribution in [0.3, 0.4) is 0 Å². The van der Waals surface area contributed by atoms with Crippen LogP contribution in [0, 0.1) is 10.1 Å². The Kier molecular flexibility index (Phi) is 6.05. The van der Waals surface area contributed by atoms with Crippen LogP contribution in [0.4, 0.5) is 11.5 Å². The Morgan fingerprint density at radius 1 is 1.35 bits per heavy atom. The normalized spacial score (nSPS) is 15.6. The number of pyridine rings is 1. The Morgan fingerprint density at radius 3 is 2.62 bits per heavy atom. The molecule has 2 aromatic rings. The molecule has 0 spiro atoms. The summed E-state index contributed by atoms with van der Waals surface area (Å²) in [5.74, 6) is 1.40.